The monoisotopic (exact) mass is 484 g/mol. The summed E-state index contributed by atoms with van der Waals surface area (Å²) in [6.07, 6.45) is 3.04. The molecule has 10 nitrogen and oxygen atoms in total. The van der Waals surface area contributed by atoms with Gasteiger partial charge < -0.3 is 31.2 Å². The van der Waals surface area contributed by atoms with Gasteiger partial charge in [0.05, 0.1) is 14.2 Å². The van der Waals surface area contributed by atoms with Crippen LogP contribution in [0.5, 0.6) is 0 Å². The first-order valence-corrected chi connectivity index (χ1v) is 10.1. The number of hydrogen-bond donors (Lipinski definition) is 6. The van der Waals surface area contributed by atoms with E-state index in [2.05, 4.69) is 9.47 Å². The van der Waals surface area contributed by atoms with Crippen LogP contribution in [0.2, 0.25) is 0 Å². The SMILES string of the molecule is COC(=N)CCCCC(=N)OC.Cl.Cl.NC(CSSCC(N)C(=O)O)C(=O)O. The van der Waals surface area contributed by atoms with Crippen molar-refractivity contribution in [3.8, 4) is 0 Å². The Kier molecular flexibility index (Phi) is 27.6. The van der Waals surface area contributed by atoms with E-state index in [1.807, 2.05) is 0 Å². The second kappa shape index (κ2) is 22.4. The van der Waals surface area contributed by atoms with Crippen LogP contribution in [0.1, 0.15) is 25.7 Å². The predicted octanol–water partition coefficient (Wildman–Crippen LogP) is 1.83. The number of aliphatic carboxylic acids is 2. The van der Waals surface area contributed by atoms with Crippen molar-refractivity contribution < 1.29 is 29.3 Å². The summed E-state index contributed by atoms with van der Waals surface area (Å²) in [6, 6.07) is -1.85. The molecule has 0 amide bonds. The summed E-state index contributed by atoms with van der Waals surface area (Å²) in [6.45, 7) is 0. The summed E-state index contributed by atoms with van der Waals surface area (Å²) in [5, 5.41) is 31.1. The molecule has 0 aliphatic rings. The molecular weight excluding hydrogens is 455 g/mol. The smallest absolute Gasteiger partial charge is 0.321 e. The van der Waals surface area contributed by atoms with Crippen LogP contribution in [-0.4, -0.2) is 71.8 Å². The third-order valence-corrected chi connectivity index (χ3v) is 5.24. The van der Waals surface area contributed by atoms with E-state index in [0.29, 0.717) is 24.6 Å². The second-order valence-corrected chi connectivity index (χ2v) is 7.47. The zero-order chi connectivity index (χ0) is 20.5. The van der Waals surface area contributed by atoms with E-state index in [4.69, 9.17) is 32.5 Å². The molecule has 0 bridgehead atoms. The molecule has 0 aliphatic heterocycles. The Bertz CT molecular complexity index is 424. The summed E-state index contributed by atoms with van der Waals surface area (Å²) in [5.74, 6) is -1.07. The van der Waals surface area contributed by atoms with Crippen molar-refractivity contribution in [2.75, 3.05) is 25.7 Å². The fourth-order valence-corrected chi connectivity index (χ4v) is 3.39. The van der Waals surface area contributed by atoms with Gasteiger partial charge in [0.1, 0.15) is 12.1 Å². The van der Waals surface area contributed by atoms with Gasteiger partial charge in [-0.2, -0.15) is 0 Å². The maximum atomic E-state index is 10.3. The Morgan fingerprint density at radius 3 is 1.36 bits per heavy atom. The van der Waals surface area contributed by atoms with Gasteiger partial charge in [-0.25, -0.2) is 0 Å². The molecule has 28 heavy (non-hydrogen) atoms. The lowest BCUT2D eigenvalue weighted by molar-refractivity contribution is -0.138. The summed E-state index contributed by atoms with van der Waals surface area (Å²) in [4.78, 5) is 20.5. The zero-order valence-electron chi connectivity index (χ0n) is 15.7. The van der Waals surface area contributed by atoms with E-state index in [1.54, 1.807) is 0 Å². The first-order chi connectivity index (χ1) is 12.1. The Labute approximate surface area is 185 Å². The number of rotatable bonds is 12. The quantitative estimate of drug-likeness (QED) is 0.103. The highest BCUT2D eigenvalue weighted by Gasteiger charge is 2.14. The van der Waals surface area contributed by atoms with Crippen molar-refractivity contribution >= 4 is 70.1 Å². The van der Waals surface area contributed by atoms with Crippen LogP contribution in [0.15, 0.2) is 0 Å². The maximum absolute atomic E-state index is 10.3. The Hall–Kier alpha value is -0.920. The number of hydrogen-bond acceptors (Lipinski definition) is 10. The normalized spacial score (nSPS) is 11.3. The van der Waals surface area contributed by atoms with Gasteiger partial charge in [-0.3, -0.25) is 20.4 Å². The number of nitrogens with two attached hydrogens (primary N) is 2. The Balaban J connectivity index is -0.000000194. The molecule has 0 aromatic heterocycles. The molecule has 14 heteroatoms. The molecule has 8 N–H and O–H groups in total. The number of nitrogens with one attached hydrogen (secondary N) is 2. The molecule has 2 unspecified atom stereocenters. The predicted molar refractivity (Wildman–Crippen MR) is 119 cm³/mol. The molecule has 168 valence electrons. The average molecular weight is 485 g/mol. The number of carboxylic acids is 2. The van der Waals surface area contributed by atoms with E-state index in [1.165, 1.54) is 35.8 Å². The largest absolute Gasteiger partial charge is 0.484 e. The highest BCUT2D eigenvalue weighted by molar-refractivity contribution is 8.76. The van der Waals surface area contributed by atoms with Gasteiger partial charge in [-0.1, -0.05) is 21.6 Å². The number of carbonyl (C=O) groups is 2. The fraction of sp³-hybridized carbons (Fsp3) is 0.714. The number of ether oxygens (including phenoxy) is 2. The summed E-state index contributed by atoms with van der Waals surface area (Å²) >= 11 is 0. The number of halogens is 2. The molecule has 0 radical (unpaired) electrons. The van der Waals surface area contributed by atoms with Crippen LogP contribution >= 0.6 is 46.4 Å². The number of carboxylic acid groups (broad SMARTS) is 2. The summed E-state index contributed by atoms with van der Waals surface area (Å²) in [5.41, 5.74) is 10.4. The molecular formula is C14H30Cl2N4O6S2. The minimum atomic E-state index is -1.07. The molecule has 0 rings (SSSR count). The van der Waals surface area contributed by atoms with Gasteiger partial charge in [-0.15, -0.1) is 24.8 Å². The van der Waals surface area contributed by atoms with Crippen molar-refractivity contribution in [1.82, 2.24) is 0 Å². The van der Waals surface area contributed by atoms with E-state index in [9.17, 15) is 9.59 Å². The minimum Gasteiger partial charge on any atom is -0.484 e. The van der Waals surface area contributed by atoms with Crippen molar-refractivity contribution in [2.24, 2.45) is 11.5 Å². The van der Waals surface area contributed by atoms with Crippen LogP contribution < -0.4 is 11.5 Å². The van der Waals surface area contributed by atoms with Gasteiger partial charge >= 0.3 is 11.9 Å². The lowest BCUT2D eigenvalue weighted by Crippen LogP contribution is -2.33. The Morgan fingerprint density at radius 2 is 1.14 bits per heavy atom. The van der Waals surface area contributed by atoms with Crippen molar-refractivity contribution in [3.05, 3.63) is 0 Å². The third-order valence-electron chi connectivity index (χ3n) is 2.76. The van der Waals surface area contributed by atoms with Gasteiger partial charge in [0.25, 0.3) is 0 Å². The van der Waals surface area contributed by atoms with Crippen LogP contribution in [0, 0.1) is 10.8 Å². The van der Waals surface area contributed by atoms with Gasteiger partial charge in [0.2, 0.25) is 0 Å². The lowest BCUT2D eigenvalue weighted by atomic mass is 10.2. The zero-order valence-corrected chi connectivity index (χ0v) is 19.0. The second-order valence-electron chi connectivity index (χ2n) is 4.92. The highest BCUT2D eigenvalue weighted by Crippen LogP contribution is 2.22. The third kappa shape index (κ3) is 23.1. The average Bonchev–Trinajstić information content (AvgIpc) is 2.61. The topological polar surface area (TPSA) is 193 Å². The summed E-state index contributed by atoms with van der Waals surface area (Å²) in [7, 11) is 5.40. The molecule has 0 aromatic carbocycles. The van der Waals surface area contributed by atoms with Gasteiger partial charge in [-0.05, 0) is 12.8 Å². The first kappa shape index (κ1) is 34.6. The molecule has 0 saturated carbocycles. The van der Waals surface area contributed by atoms with E-state index >= 15 is 0 Å². The van der Waals surface area contributed by atoms with Crippen LogP contribution in [0.25, 0.3) is 0 Å². The molecule has 2 atom stereocenters. The van der Waals surface area contributed by atoms with Crippen molar-refractivity contribution in [3.63, 3.8) is 0 Å². The molecule has 0 aromatic rings. The van der Waals surface area contributed by atoms with Crippen LogP contribution in [-0.2, 0) is 19.1 Å². The molecule has 0 heterocycles. The molecule has 0 aliphatic carbocycles. The summed E-state index contributed by atoms with van der Waals surface area (Å²) < 4.78 is 9.36. The maximum Gasteiger partial charge on any atom is 0.321 e. The van der Waals surface area contributed by atoms with Crippen LogP contribution in [0.3, 0.4) is 0 Å². The van der Waals surface area contributed by atoms with Crippen molar-refractivity contribution in [2.45, 2.75) is 37.8 Å². The van der Waals surface area contributed by atoms with E-state index in [-0.39, 0.29) is 36.3 Å². The van der Waals surface area contributed by atoms with E-state index in [0.717, 1.165) is 12.8 Å². The van der Waals surface area contributed by atoms with Gasteiger partial charge in [0.15, 0.2) is 11.8 Å². The van der Waals surface area contributed by atoms with Crippen molar-refractivity contribution in [1.29, 1.82) is 10.8 Å². The molecule has 0 fully saturated rings. The molecule has 0 saturated heterocycles. The fourth-order valence-electron chi connectivity index (χ4n) is 1.16. The minimum absolute atomic E-state index is 0. The van der Waals surface area contributed by atoms with E-state index < -0.39 is 24.0 Å². The van der Waals surface area contributed by atoms with Crippen LogP contribution in [0.4, 0.5) is 0 Å². The lowest BCUT2D eigenvalue weighted by Gasteiger charge is -2.07. The highest BCUT2D eigenvalue weighted by atomic mass is 35.5. The number of unbranched alkanes of at least 4 members (excludes halogenated alkanes) is 1. The Morgan fingerprint density at radius 1 is 0.857 bits per heavy atom. The molecule has 0 spiro atoms. The standard InChI is InChI=1S/C8H16N2O2.C6H12N2O4S2.2ClH/c1-11-7(9)5-3-4-6-8(10)12-2;7-3(5(9)10)1-13-14-2-4(8)6(11)12;;/h9-10H,3-6H2,1-2H3;3-4H,1-2,7-8H2,(H,9,10)(H,11,12);2*1H. The first-order valence-electron chi connectivity index (χ1n) is 7.59. The van der Waals surface area contributed by atoms with Gasteiger partial charge in [0, 0.05) is 24.3 Å². The number of methoxy groups -OCH3 is 2.